The average molecular weight is 224 g/mol. The summed E-state index contributed by atoms with van der Waals surface area (Å²) in [6.45, 7) is 2.94. The minimum Gasteiger partial charge on any atom is -0.357 e. The molecular weight excluding hydrogens is 207 g/mol. The molecule has 1 aromatic rings. The molecule has 88 valence electrons. The Morgan fingerprint density at radius 1 is 1.56 bits per heavy atom. The largest absolute Gasteiger partial charge is 0.357 e. The number of hydrogen-bond donors (Lipinski definition) is 1. The molecule has 1 heterocycles. The second-order valence-electron chi connectivity index (χ2n) is 4.04. The maximum absolute atomic E-state index is 13.7. The first kappa shape index (κ1) is 11.1. The maximum Gasteiger partial charge on any atom is 0.224 e. The quantitative estimate of drug-likeness (QED) is 0.831. The molecule has 0 atom stereocenters. The maximum atomic E-state index is 13.7. The Kier molecular flexibility index (Phi) is 3.22. The first-order valence-electron chi connectivity index (χ1n) is 5.73. The molecule has 0 bridgehead atoms. The van der Waals surface area contributed by atoms with Gasteiger partial charge in [-0.2, -0.15) is 4.98 Å². The monoisotopic (exact) mass is 224 g/mol. The highest BCUT2D eigenvalue weighted by molar-refractivity contribution is 5.45. The molecule has 0 unspecified atom stereocenters. The first-order chi connectivity index (χ1) is 7.76. The van der Waals surface area contributed by atoms with Crippen LogP contribution in [0.3, 0.4) is 0 Å². The van der Waals surface area contributed by atoms with Crippen LogP contribution >= 0.6 is 0 Å². The van der Waals surface area contributed by atoms with E-state index in [2.05, 4.69) is 27.1 Å². The summed E-state index contributed by atoms with van der Waals surface area (Å²) >= 11 is 0. The Labute approximate surface area is 94.9 Å². The van der Waals surface area contributed by atoms with Gasteiger partial charge in [0.1, 0.15) is 0 Å². The average Bonchev–Trinajstić information content (AvgIpc) is 3.11. The van der Waals surface area contributed by atoms with Crippen molar-refractivity contribution in [1.82, 2.24) is 9.97 Å². The van der Waals surface area contributed by atoms with E-state index < -0.39 is 0 Å². The Balaban J connectivity index is 2.27. The molecular formula is C11H17FN4. The van der Waals surface area contributed by atoms with Crippen LogP contribution < -0.4 is 10.2 Å². The van der Waals surface area contributed by atoms with E-state index in [-0.39, 0.29) is 5.82 Å². The molecule has 1 fully saturated rings. The van der Waals surface area contributed by atoms with Gasteiger partial charge in [-0.15, -0.1) is 0 Å². The zero-order valence-corrected chi connectivity index (χ0v) is 9.70. The lowest BCUT2D eigenvalue weighted by Gasteiger charge is -2.23. The molecule has 2 rings (SSSR count). The van der Waals surface area contributed by atoms with Gasteiger partial charge in [-0.05, 0) is 19.3 Å². The summed E-state index contributed by atoms with van der Waals surface area (Å²) in [5, 5.41) is 2.84. The van der Waals surface area contributed by atoms with Crippen molar-refractivity contribution in [2.24, 2.45) is 0 Å². The molecule has 0 aliphatic heterocycles. The summed E-state index contributed by atoms with van der Waals surface area (Å²) in [6, 6.07) is 0.467. The normalized spacial score (nSPS) is 14.9. The van der Waals surface area contributed by atoms with Crippen molar-refractivity contribution in [3.8, 4) is 0 Å². The lowest BCUT2D eigenvalue weighted by molar-refractivity contribution is 0.598. The fourth-order valence-corrected chi connectivity index (χ4v) is 1.77. The second kappa shape index (κ2) is 4.63. The minimum atomic E-state index is -0.334. The van der Waals surface area contributed by atoms with Crippen LogP contribution in [0.25, 0.3) is 0 Å². The third-order valence-corrected chi connectivity index (χ3v) is 2.67. The van der Waals surface area contributed by atoms with Crippen LogP contribution in [0.1, 0.15) is 26.2 Å². The number of aromatic nitrogens is 2. The van der Waals surface area contributed by atoms with Gasteiger partial charge in [0.05, 0.1) is 6.20 Å². The SMILES string of the molecule is CCCN(c1nc(NC)ncc1F)C1CC1. The first-order valence-corrected chi connectivity index (χ1v) is 5.73. The Hall–Kier alpha value is -1.39. The number of nitrogens with one attached hydrogen (secondary N) is 1. The fourth-order valence-electron chi connectivity index (χ4n) is 1.77. The van der Waals surface area contributed by atoms with E-state index >= 15 is 0 Å². The molecule has 5 heteroatoms. The van der Waals surface area contributed by atoms with Gasteiger partial charge in [0, 0.05) is 19.6 Å². The van der Waals surface area contributed by atoms with E-state index in [1.807, 2.05) is 0 Å². The molecule has 0 aromatic carbocycles. The molecule has 0 saturated heterocycles. The van der Waals surface area contributed by atoms with Crippen LogP contribution in [0.4, 0.5) is 16.2 Å². The van der Waals surface area contributed by atoms with Gasteiger partial charge < -0.3 is 10.2 Å². The van der Waals surface area contributed by atoms with Gasteiger partial charge >= 0.3 is 0 Å². The predicted molar refractivity (Wildman–Crippen MR) is 62.2 cm³/mol. The van der Waals surface area contributed by atoms with Crippen LogP contribution in [0.5, 0.6) is 0 Å². The number of rotatable bonds is 5. The Morgan fingerprint density at radius 3 is 2.88 bits per heavy atom. The molecule has 1 saturated carbocycles. The Bertz CT molecular complexity index is 365. The van der Waals surface area contributed by atoms with Crippen LogP contribution in [-0.2, 0) is 0 Å². The molecule has 0 amide bonds. The summed E-state index contributed by atoms with van der Waals surface area (Å²) in [6.07, 6.45) is 4.50. The third-order valence-electron chi connectivity index (χ3n) is 2.67. The second-order valence-corrected chi connectivity index (χ2v) is 4.04. The number of anilines is 2. The van der Waals surface area contributed by atoms with E-state index in [4.69, 9.17) is 0 Å². The molecule has 0 radical (unpaired) electrons. The van der Waals surface area contributed by atoms with E-state index in [0.717, 1.165) is 25.8 Å². The van der Waals surface area contributed by atoms with Crippen LogP contribution in [0, 0.1) is 5.82 Å². The summed E-state index contributed by atoms with van der Waals surface area (Å²) in [5.74, 6) is 0.571. The van der Waals surface area contributed by atoms with Gasteiger partial charge in [0.25, 0.3) is 0 Å². The van der Waals surface area contributed by atoms with Crippen molar-refractivity contribution < 1.29 is 4.39 Å². The smallest absolute Gasteiger partial charge is 0.224 e. The minimum absolute atomic E-state index is 0.334. The topological polar surface area (TPSA) is 41.1 Å². The molecule has 1 aliphatic carbocycles. The van der Waals surface area contributed by atoms with Gasteiger partial charge in [-0.3, -0.25) is 0 Å². The number of nitrogens with zero attached hydrogens (tertiary/aromatic N) is 3. The molecule has 1 N–H and O–H groups in total. The van der Waals surface area contributed by atoms with Crippen LogP contribution in [0.2, 0.25) is 0 Å². The highest BCUT2D eigenvalue weighted by atomic mass is 19.1. The van der Waals surface area contributed by atoms with E-state index in [1.165, 1.54) is 6.20 Å². The van der Waals surface area contributed by atoms with Crippen molar-refractivity contribution in [3.63, 3.8) is 0 Å². The third kappa shape index (κ3) is 2.23. The van der Waals surface area contributed by atoms with E-state index in [1.54, 1.807) is 7.05 Å². The zero-order valence-electron chi connectivity index (χ0n) is 9.70. The van der Waals surface area contributed by atoms with E-state index in [9.17, 15) is 4.39 Å². The van der Waals surface area contributed by atoms with Crippen LogP contribution in [-0.4, -0.2) is 29.6 Å². The summed E-state index contributed by atoms with van der Waals surface area (Å²) in [4.78, 5) is 10.1. The lowest BCUT2D eigenvalue weighted by Crippen LogP contribution is -2.28. The van der Waals surface area contributed by atoms with E-state index in [0.29, 0.717) is 17.8 Å². The predicted octanol–water partition coefficient (Wildman–Crippen LogP) is 2.04. The van der Waals surface area contributed by atoms with Gasteiger partial charge in [0.15, 0.2) is 11.6 Å². The summed E-state index contributed by atoms with van der Waals surface area (Å²) < 4.78 is 13.7. The Morgan fingerprint density at radius 2 is 2.31 bits per heavy atom. The lowest BCUT2D eigenvalue weighted by atomic mass is 10.3. The molecule has 0 spiro atoms. The number of halogens is 1. The highest BCUT2D eigenvalue weighted by Gasteiger charge is 2.31. The zero-order chi connectivity index (χ0) is 11.5. The van der Waals surface area contributed by atoms with Crippen molar-refractivity contribution >= 4 is 11.8 Å². The van der Waals surface area contributed by atoms with Crippen molar-refractivity contribution in [2.75, 3.05) is 23.8 Å². The molecule has 1 aliphatic rings. The van der Waals surface area contributed by atoms with Crippen molar-refractivity contribution in [3.05, 3.63) is 12.0 Å². The molecule has 4 nitrogen and oxygen atoms in total. The van der Waals surface area contributed by atoms with Crippen LogP contribution in [0.15, 0.2) is 6.20 Å². The summed E-state index contributed by atoms with van der Waals surface area (Å²) in [7, 11) is 1.73. The molecule has 16 heavy (non-hydrogen) atoms. The van der Waals surface area contributed by atoms with Gasteiger partial charge in [-0.1, -0.05) is 6.92 Å². The van der Waals surface area contributed by atoms with Gasteiger partial charge in [-0.25, -0.2) is 9.37 Å². The molecule has 1 aromatic heterocycles. The fraction of sp³-hybridized carbons (Fsp3) is 0.636. The highest BCUT2D eigenvalue weighted by Crippen LogP contribution is 2.32. The standard InChI is InChI=1S/C11H17FN4/c1-3-6-16(8-4-5-8)10-9(12)7-14-11(13-2)15-10/h7-8H,3-6H2,1-2H3,(H,13,14,15). The van der Waals surface area contributed by atoms with Gasteiger partial charge in [0.2, 0.25) is 5.95 Å². The van der Waals surface area contributed by atoms with Crippen molar-refractivity contribution in [1.29, 1.82) is 0 Å². The summed E-state index contributed by atoms with van der Waals surface area (Å²) in [5.41, 5.74) is 0. The number of hydrogen-bond acceptors (Lipinski definition) is 4. The van der Waals surface area contributed by atoms with Crippen molar-refractivity contribution in [2.45, 2.75) is 32.2 Å².